The molecule has 2 rings (SSSR count). The fraction of sp³-hybridized carbons (Fsp3) is 0.667. The number of hydrogen-bond acceptors (Lipinski definition) is 3. The number of ether oxygens (including phenoxy) is 1. The number of rotatable bonds is 6. The zero-order chi connectivity index (χ0) is 15.4. The Kier molecular flexibility index (Phi) is 5.65. The lowest BCUT2D eigenvalue weighted by Crippen LogP contribution is -2.46. The molecule has 0 aromatic heterocycles. The second kappa shape index (κ2) is 7.28. The van der Waals surface area contributed by atoms with Gasteiger partial charge < -0.3 is 10.5 Å². The first-order chi connectivity index (χ1) is 10.1. The summed E-state index contributed by atoms with van der Waals surface area (Å²) in [7, 11) is 1.71. The van der Waals surface area contributed by atoms with Crippen LogP contribution in [0, 0.1) is 0 Å². The second-order valence-corrected chi connectivity index (χ2v) is 6.23. The van der Waals surface area contributed by atoms with Gasteiger partial charge in [-0.25, -0.2) is 0 Å². The Morgan fingerprint density at radius 1 is 1.24 bits per heavy atom. The van der Waals surface area contributed by atoms with E-state index in [9.17, 15) is 0 Å². The van der Waals surface area contributed by atoms with Crippen molar-refractivity contribution < 1.29 is 4.74 Å². The first kappa shape index (κ1) is 16.3. The molecule has 1 aromatic rings. The van der Waals surface area contributed by atoms with Crippen molar-refractivity contribution in [3.05, 3.63) is 29.8 Å². The summed E-state index contributed by atoms with van der Waals surface area (Å²) in [6, 6.07) is 10.2. The Morgan fingerprint density at radius 3 is 2.43 bits per heavy atom. The molecule has 118 valence electrons. The first-order valence-corrected chi connectivity index (χ1v) is 8.29. The number of methoxy groups -OCH3 is 1. The van der Waals surface area contributed by atoms with Gasteiger partial charge in [0.05, 0.1) is 13.2 Å². The largest absolute Gasteiger partial charge is 0.497 e. The van der Waals surface area contributed by atoms with E-state index in [0.29, 0.717) is 18.1 Å². The standard InChI is InChI=1S/C18H30N2O/c1-5-15-10-7-13(3)20(15)18(17(19)6-2)14-8-11-16(21-4)12-9-14/h8-9,11-13,15,17-18H,5-7,10,19H2,1-4H3. The van der Waals surface area contributed by atoms with E-state index in [-0.39, 0.29) is 6.04 Å². The predicted octanol–water partition coefficient (Wildman–Crippen LogP) is 3.74. The third-order valence-corrected chi connectivity index (χ3v) is 4.97. The Bertz CT molecular complexity index is 431. The zero-order valence-electron chi connectivity index (χ0n) is 13.9. The quantitative estimate of drug-likeness (QED) is 0.867. The first-order valence-electron chi connectivity index (χ1n) is 8.29. The molecule has 4 unspecified atom stereocenters. The Morgan fingerprint density at radius 2 is 1.90 bits per heavy atom. The topological polar surface area (TPSA) is 38.5 Å². The minimum Gasteiger partial charge on any atom is -0.497 e. The number of benzene rings is 1. The lowest BCUT2D eigenvalue weighted by Gasteiger charge is -2.39. The molecule has 1 saturated heterocycles. The number of nitrogens with two attached hydrogens (primary N) is 1. The van der Waals surface area contributed by atoms with E-state index in [4.69, 9.17) is 10.5 Å². The van der Waals surface area contributed by atoms with Gasteiger partial charge in [-0.2, -0.15) is 0 Å². The molecule has 0 radical (unpaired) electrons. The molecule has 0 aliphatic carbocycles. The maximum absolute atomic E-state index is 6.51. The van der Waals surface area contributed by atoms with Crippen LogP contribution in [0.2, 0.25) is 0 Å². The minimum atomic E-state index is 0.174. The van der Waals surface area contributed by atoms with Crippen LogP contribution in [0.1, 0.15) is 58.1 Å². The van der Waals surface area contributed by atoms with Crippen molar-refractivity contribution >= 4 is 0 Å². The molecule has 0 saturated carbocycles. The van der Waals surface area contributed by atoms with Gasteiger partial charge in [0.25, 0.3) is 0 Å². The van der Waals surface area contributed by atoms with E-state index in [2.05, 4.69) is 37.8 Å². The highest BCUT2D eigenvalue weighted by Gasteiger charge is 2.37. The summed E-state index contributed by atoms with van der Waals surface area (Å²) in [5, 5.41) is 0. The molecule has 3 nitrogen and oxygen atoms in total. The summed E-state index contributed by atoms with van der Waals surface area (Å²) in [6.45, 7) is 6.82. The van der Waals surface area contributed by atoms with Gasteiger partial charge in [-0.05, 0) is 50.3 Å². The van der Waals surface area contributed by atoms with Crippen LogP contribution >= 0.6 is 0 Å². The van der Waals surface area contributed by atoms with Crippen molar-refractivity contribution in [3.63, 3.8) is 0 Å². The van der Waals surface area contributed by atoms with Gasteiger partial charge in [-0.3, -0.25) is 4.90 Å². The highest BCUT2D eigenvalue weighted by Crippen LogP contribution is 2.37. The highest BCUT2D eigenvalue weighted by atomic mass is 16.5. The van der Waals surface area contributed by atoms with Crippen molar-refractivity contribution in [2.24, 2.45) is 5.73 Å². The van der Waals surface area contributed by atoms with Gasteiger partial charge in [0, 0.05) is 18.1 Å². The van der Waals surface area contributed by atoms with Crippen LogP contribution in [0.5, 0.6) is 5.75 Å². The zero-order valence-corrected chi connectivity index (χ0v) is 13.9. The molecule has 0 spiro atoms. The number of likely N-dealkylation sites (tertiary alicyclic amines) is 1. The summed E-state index contributed by atoms with van der Waals surface area (Å²) in [6.07, 6.45) is 4.77. The third-order valence-electron chi connectivity index (χ3n) is 4.97. The van der Waals surface area contributed by atoms with Crippen LogP contribution < -0.4 is 10.5 Å². The average molecular weight is 290 g/mol. The van der Waals surface area contributed by atoms with Gasteiger partial charge in [0.2, 0.25) is 0 Å². The molecule has 2 N–H and O–H groups in total. The average Bonchev–Trinajstić information content (AvgIpc) is 2.89. The molecule has 1 heterocycles. The predicted molar refractivity (Wildman–Crippen MR) is 88.6 cm³/mol. The summed E-state index contributed by atoms with van der Waals surface area (Å²) in [5.74, 6) is 0.907. The fourth-order valence-electron chi connectivity index (χ4n) is 3.67. The molecule has 0 amide bonds. The summed E-state index contributed by atoms with van der Waals surface area (Å²) < 4.78 is 5.28. The number of nitrogens with zero attached hydrogens (tertiary/aromatic N) is 1. The molecule has 3 heteroatoms. The van der Waals surface area contributed by atoms with Crippen molar-refractivity contribution in [1.82, 2.24) is 4.90 Å². The summed E-state index contributed by atoms with van der Waals surface area (Å²) in [4.78, 5) is 2.66. The lowest BCUT2D eigenvalue weighted by atomic mass is 9.94. The van der Waals surface area contributed by atoms with Crippen LogP contribution in [-0.2, 0) is 0 Å². The maximum Gasteiger partial charge on any atom is 0.118 e. The molecule has 1 aromatic carbocycles. The van der Waals surface area contributed by atoms with E-state index < -0.39 is 0 Å². The summed E-state index contributed by atoms with van der Waals surface area (Å²) in [5.41, 5.74) is 7.82. The van der Waals surface area contributed by atoms with Crippen molar-refractivity contribution in [2.45, 2.75) is 70.6 Å². The van der Waals surface area contributed by atoms with E-state index in [0.717, 1.165) is 12.2 Å². The monoisotopic (exact) mass is 290 g/mol. The molecular formula is C18H30N2O. The SMILES string of the molecule is CCC(N)C(c1ccc(OC)cc1)N1C(C)CCC1CC. The Labute approximate surface area is 129 Å². The lowest BCUT2D eigenvalue weighted by molar-refractivity contribution is 0.111. The van der Waals surface area contributed by atoms with Crippen LogP contribution in [0.4, 0.5) is 0 Å². The second-order valence-electron chi connectivity index (χ2n) is 6.23. The van der Waals surface area contributed by atoms with Gasteiger partial charge in [0.1, 0.15) is 5.75 Å². The van der Waals surface area contributed by atoms with Crippen LogP contribution in [-0.4, -0.2) is 30.1 Å². The molecular weight excluding hydrogens is 260 g/mol. The molecule has 21 heavy (non-hydrogen) atoms. The van der Waals surface area contributed by atoms with Gasteiger partial charge in [0.15, 0.2) is 0 Å². The van der Waals surface area contributed by atoms with E-state index >= 15 is 0 Å². The Balaban J connectivity index is 2.32. The van der Waals surface area contributed by atoms with Crippen LogP contribution in [0.15, 0.2) is 24.3 Å². The van der Waals surface area contributed by atoms with Crippen molar-refractivity contribution in [1.29, 1.82) is 0 Å². The fourth-order valence-corrected chi connectivity index (χ4v) is 3.67. The molecule has 4 atom stereocenters. The number of hydrogen-bond donors (Lipinski definition) is 1. The Hall–Kier alpha value is -1.06. The van der Waals surface area contributed by atoms with E-state index in [1.807, 2.05) is 12.1 Å². The third kappa shape index (κ3) is 3.41. The van der Waals surface area contributed by atoms with Crippen molar-refractivity contribution in [2.75, 3.05) is 7.11 Å². The van der Waals surface area contributed by atoms with Crippen LogP contribution in [0.25, 0.3) is 0 Å². The molecule has 1 aliphatic rings. The smallest absolute Gasteiger partial charge is 0.118 e. The van der Waals surface area contributed by atoms with Crippen molar-refractivity contribution in [3.8, 4) is 5.75 Å². The maximum atomic E-state index is 6.51. The van der Waals surface area contributed by atoms with E-state index in [1.54, 1.807) is 7.11 Å². The van der Waals surface area contributed by atoms with Gasteiger partial charge in [-0.15, -0.1) is 0 Å². The summed E-state index contributed by atoms with van der Waals surface area (Å²) >= 11 is 0. The van der Waals surface area contributed by atoms with Gasteiger partial charge >= 0.3 is 0 Å². The van der Waals surface area contributed by atoms with Crippen LogP contribution in [0.3, 0.4) is 0 Å². The molecule has 1 fully saturated rings. The van der Waals surface area contributed by atoms with Gasteiger partial charge in [-0.1, -0.05) is 26.0 Å². The molecule has 0 bridgehead atoms. The van der Waals surface area contributed by atoms with E-state index in [1.165, 1.54) is 24.8 Å². The normalized spacial score (nSPS) is 25.8. The molecule has 1 aliphatic heterocycles. The minimum absolute atomic E-state index is 0.174. The highest BCUT2D eigenvalue weighted by molar-refractivity contribution is 5.30.